The summed E-state index contributed by atoms with van der Waals surface area (Å²) >= 11 is 0. The van der Waals surface area contributed by atoms with E-state index in [1.807, 2.05) is 11.8 Å². The van der Waals surface area contributed by atoms with Crippen LogP contribution in [0.5, 0.6) is 0 Å². The van der Waals surface area contributed by atoms with Crippen LogP contribution >= 0.6 is 0 Å². The number of hydrogen-bond acceptors (Lipinski definition) is 3. The van der Waals surface area contributed by atoms with Crippen LogP contribution in [-0.2, 0) is 14.1 Å². The van der Waals surface area contributed by atoms with Crippen molar-refractivity contribution in [1.82, 2.24) is 4.90 Å². The smallest absolute Gasteiger partial charge is 0.404 e. The zero-order valence-electron chi connectivity index (χ0n) is 14.3. The number of carbonyl (C=O) groups is 1. The number of carbonyl (C=O) groups excluding carboxylic acids is 1. The Kier molecular flexibility index (Phi) is 3.23. The molecule has 5 atom stereocenters. The Bertz CT molecular complexity index is 496. The van der Waals surface area contributed by atoms with Gasteiger partial charge in [-0.3, -0.25) is 4.79 Å². The highest BCUT2D eigenvalue weighted by molar-refractivity contribution is 6.48. The van der Waals surface area contributed by atoms with E-state index in [9.17, 15) is 4.79 Å². The first kappa shape index (κ1) is 15.0. The first-order chi connectivity index (χ1) is 10.4. The van der Waals surface area contributed by atoms with E-state index in [-0.39, 0.29) is 30.7 Å². The highest BCUT2D eigenvalue weighted by Crippen LogP contribution is 2.65. The van der Waals surface area contributed by atoms with Crippen LogP contribution in [0.3, 0.4) is 0 Å². The number of rotatable bonds is 2. The maximum atomic E-state index is 12.2. The minimum atomic E-state index is -0.219. The summed E-state index contributed by atoms with van der Waals surface area (Å²) in [5.41, 5.74) is 0.213. The quantitative estimate of drug-likeness (QED) is 0.736. The van der Waals surface area contributed by atoms with Gasteiger partial charge in [-0.15, -0.1) is 0 Å². The van der Waals surface area contributed by atoms with Crippen LogP contribution in [0.4, 0.5) is 0 Å². The molecule has 0 aromatic carbocycles. The average molecular weight is 305 g/mol. The molecule has 2 heterocycles. The molecule has 4 nitrogen and oxygen atoms in total. The minimum absolute atomic E-state index is 0.121. The molecule has 3 aliphatic carbocycles. The summed E-state index contributed by atoms with van der Waals surface area (Å²) in [6.07, 6.45) is 5.26. The molecule has 5 rings (SSSR count). The van der Waals surface area contributed by atoms with Crippen LogP contribution < -0.4 is 0 Å². The van der Waals surface area contributed by atoms with Gasteiger partial charge in [-0.1, -0.05) is 20.8 Å². The lowest BCUT2D eigenvalue weighted by atomic mass is 9.43. The highest BCUT2D eigenvalue weighted by Gasteiger charge is 2.68. The molecule has 5 heteroatoms. The Balaban J connectivity index is 1.54. The monoisotopic (exact) mass is 305 g/mol. The molecule has 0 radical (unpaired) electrons. The zero-order chi connectivity index (χ0) is 15.7. The van der Waals surface area contributed by atoms with E-state index in [0.29, 0.717) is 17.8 Å². The lowest BCUT2D eigenvalue weighted by Crippen LogP contribution is -2.65. The molecule has 5 fully saturated rings. The van der Waals surface area contributed by atoms with Crippen molar-refractivity contribution in [3.05, 3.63) is 0 Å². The third-order valence-electron chi connectivity index (χ3n) is 7.21. The van der Waals surface area contributed by atoms with Crippen molar-refractivity contribution >= 4 is 13.0 Å². The molecule has 1 amide bonds. The van der Waals surface area contributed by atoms with E-state index in [2.05, 4.69) is 20.8 Å². The van der Waals surface area contributed by atoms with Crippen molar-refractivity contribution in [2.45, 2.75) is 77.4 Å². The maximum absolute atomic E-state index is 12.2. The topological polar surface area (TPSA) is 38.8 Å². The summed E-state index contributed by atoms with van der Waals surface area (Å²) in [6.45, 7) is 9.81. The second-order valence-corrected chi connectivity index (χ2v) is 8.49. The third kappa shape index (κ3) is 1.81. The molecule has 5 aliphatic rings. The molecular formula is C17H28BNO3. The fourth-order valence-corrected chi connectivity index (χ4v) is 5.65. The Hall–Kier alpha value is -0.545. The van der Waals surface area contributed by atoms with Gasteiger partial charge in [0.15, 0.2) is 0 Å². The van der Waals surface area contributed by atoms with E-state index in [1.54, 1.807) is 0 Å². The minimum Gasteiger partial charge on any atom is -0.404 e. The van der Waals surface area contributed by atoms with Gasteiger partial charge in [0.2, 0.25) is 5.91 Å². The second kappa shape index (κ2) is 4.73. The van der Waals surface area contributed by atoms with Gasteiger partial charge in [-0.2, -0.15) is 0 Å². The summed E-state index contributed by atoms with van der Waals surface area (Å²) in [7, 11) is -0.219. The normalized spacial score (nSPS) is 45.6. The molecule has 0 aromatic heterocycles. The lowest BCUT2D eigenvalue weighted by molar-refractivity contribution is -0.199. The average Bonchev–Trinajstić information content (AvgIpc) is 3.08. The Morgan fingerprint density at radius 1 is 1.32 bits per heavy atom. The maximum Gasteiger partial charge on any atom is 0.481 e. The number of amides is 1. The van der Waals surface area contributed by atoms with Gasteiger partial charge in [-0.05, 0) is 49.9 Å². The van der Waals surface area contributed by atoms with Gasteiger partial charge in [-0.25, -0.2) is 0 Å². The Morgan fingerprint density at radius 2 is 2.09 bits per heavy atom. The van der Waals surface area contributed by atoms with E-state index >= 15 is 0 Å². The van der Waals surface area contributed by atoms with E-state index in [4.69, 9.17) is 9.31 Å². The fourth-order valence-electron chi connectivity index (χ4n) is 5.65. The molecule has 0 N–H and O–H groups in total. The molecule has 122 valence electrons. The van der Waals surface area contributed by atoms with Crippen molar-refractivity contribution in [3.8, 4) is 0 Å². The van der Waals surface area contributed by atoms with Crippen molar-refractivity contribution in [1.29, 1.82) is 0 Å². The van der Waals surface area contributed by atoms with Crippen LogP contribution in [0.15, 0.2) is 0 Å². The Morgan fingerprint density at radius 3 is 2.77 bits per heavy atom. The van der Waals surface area contributed by atoms with Crippen molar-refractivity contribution in [3.63, 3.8) is 0 Å². The molecule has 22 heavy (non-hydrogen) atoms. The predicted molar refractivity (Wildman–Crippen MR) is 85.1 cm³/mol. The highest BCUT2D eigenvalue weighted by atomic mass is 16.7. The zero-order valence-corrected chi connectivity index (χ0v) is 14.3. The van der Waals surface area contributed by atoms with E-state index in [0.717, 1.165) is 31.7 Å². The van der Waals surface area contributed by atoms with Gasteiger partial charge >= 0.3 is 7.12 Å². The van der Waals surface area contributed by atoms with Crippen molar-refractivity contribution in [2.24, 2.45) is 17.3 Å². The SMILES string of the molecule is CCC(=O)N1CCC[C@H]1B1OC2CC3CC(C3(C)C)[C@]2(C)O1. The molecule has 2 bridgehead atoms. The number of hydrogen-bond donors (Lipinski definition) is 0. The van der Waals surface area contributed by atoms with Crippen LogP contribution in [-0.4, -0.2) is 42.1 Å². The summed E-state index contributed by atoms with van der Waals surface area (Å²) in [6, 6.07) is 0. The largest absolute Gasteiger partial charge is 0.481 e. The Labute approximate surface area is 134 Å². The van der Waals surface area contributed by atoms with Crippen molar-refractivity contribution < 1.29 is 14.1 Å². The number of nitrogens with zero attached hydrogens (tertiary/aromatic N) is 1. The van der Waals surface area contributed by atoms with Crippen LogP contribution in [0.2, 0.25) is 0 Å². The first-order valence-electron chi connectivity index (χ1n) is 9.00. The van der Waals surface area contributed by atoms with Crippen LogP contribution in [0, 0.1) is 17.3 Å². The molecule has 0 spiro atoms. The molecular weight excluding hydrogens is 277 g/mol. The van der Waals surface area contributed by atoms with E-state index < -0.39 is 0 Å². The molecule has 2 aliphatic heterocycles. The second-order valence-electron chi connectivity index (χ2n) is 8.49. The fraction of sp³-hybridized carbons (Fsp3) is 0.941. The summed E-state index contributed by atoms with van der Waals surface area (Å²) in [4.78, 5) is 14.2. The summed E-state index contributed by atoms with van der Waals surface area (Å²) in [5.74, 6) is 1.72. The van der Waals surface area contributed by atoms with E-state index in [1.165, 1.54) is 6.42 Å². The standard InChI is InChI=1S/C17H28BNO3/c1-5-15(20)19-8-6-7-14(19)18-21-13-10-11-9-12(16(11,2)3)17(13,4)22-18/h11-14H,5-10H2,1-4H3/t11?,12?,13?,14-,17-/m0/s1. The summed E-state index contributed by atoms with van der Waals surface area (Å²) in [5, 5.41) is 0. The molecule has 2 saturated heterocycles. The molecule has 3 saturated carbocycles. The lowest BCUT2D eigenvalue weighted by Gasteiger charge is -2.64. The van der Waals surface area contributed by atoms with Gasteiger partial charge in [0.05, 0.1) is 17.6 Å². The van der Waals surface area contributed by atoms with Gasteiger partial charge in [0.25, 0.3) is 0 Å². The number of likely N-dealkylation sites (tertiary alicyclic amines) is 1. The third-order valence-corrected chi connectivity index (χ3v) is 7.21. The first-order valence-corrected chi connectivity index (χ1v) is 9.00. The molecule has 3 unspecified atom stereocenters. The van der Waals surface area contributed by atoms with Crippen LogP contribution in [0.25, 0.3) is 0 Å². The molecule has 0 aromatic rings. The van der Waals surface area contributed by atoms with Gasteiger partial charge in [0, 0.05) is 13.0 Å². The predicted octanol–water partition coefficient (Wildman–Crippen LogP) is 2.65. The summed E-state index contributed by atoms with van der Waals surface area (Å²) < 4.78 is 12.9. The van der Waals surface area contributed by atoms with Crippen LogP contribution in [0.1, 0.15) is 59.8 Å². The van der Waals surface area contributed by atoms with Gasteiger partial charge in [0.1, 0.15) is 0 Å². The van der Waals surface area contributed by atoms with Crippen molar-refractivity contribution in [2.75, 3.05) is 6.54 Å². The van der Waals surface area contributed by atoms with Gasteiger partial charge < -0.3 is 14.2 Å².